The van der Waals surface area contributed by atoms with Crippen LogP contribution >= 0.6 is 0 Å². The molecule has 1 unspecified atom stereocenters. The fourth-order valence-corrected chi connectivity index (χ4v) is 2.60. The van der Waals surface area contributed by atoms with Crippen molar-refractivity contribution >= 4 is 5.91 Å². The second kappa shape index (κ2) is 6.17. The highest BCUT2D eigenvalue weighted by molar-refractivity contribution is 5.78. The molecular formula is C15H22N2O2. The van der Waals surface area contributed by atoms with Crippen molar-refractivity contribution in [2.75, 3.05) is 19.6 Å². The lowest BCUT2D eigenvalue weighted by molar-refractivity contribution is -0.122. The van der Waals surface area contributed by atoms with Gasteiger partial charge >= 0.3 is 0 Å². The van der Waals surface area contributed by atoms with Gasteiger partial charge in [-0.2, -0.15) is 0 Å². The average molecular weight is 262 g/mol. The quantitative estimate of drug-likeness (QED) is 0.858. The van der Waals surface area contributed by atoms with Gasteiger partial charge in [0.1, 0.15) is 0 Å². The fourth-order valence-electron chi connectivity index (χ4n) is 2.60. The number of carbonyl (C=O) groups excluding carboxylic acids is 1. The van der Waals surface area contributed by atoms with Crippen LogP contribution in [0.15, 0.2) is 24.3 Å². The van der Waals surface area contributed by atoms with E-state index in [4.69, 9.17) is 0 Å². The third kappa shape index (κ3) is 3.78. The van der Waals surface area contributed by atoms with E-state index in [2.05, 4.69) is 18.3 Å². The van der Waals surface area contributed by atoms with Crippen LogP contribution in [0.3, 0.4) is 0 Å². The zero-order valence-corrected chi connectivity index (χ0v) is 11.6. The van der Waals surface area contributed by atoms with Gasteiger partial charge in [0.25, 0.3) is 0 Å². The van der Waals surface area contributed by atoms with Crippen molar-refractivity contribution < 1.29 is 9.90 Å². The molecule has 0 aliphatic carbocycles. The molecule has 0 bridgehead atoms. The molecule has 1 amide bonds. The van der Waals surface area contributed by atoms with Crippen molar-refractivity contribution in [3.8, 4) is 0 Å². The molecule has 0 radical (unpaired) electrons. The number of nitrogens with zero attached hydrogens (tertiary/aromatic N) is 1. The molecule has 104 valence electrons. The number of benzene rings is 1. The Morgan fingerprint density at radius 2 is 2.26 bits per heavy atom. The maximum absolute atomic E-state index is 12.0. The minimum Gasteiger partial charge on any atom is -0.392 e. The number of aryl methyl sites for hydroxylation is 1. The number of hydrogen-bond acceptors (Lipinski definition) is 3. The second-order valence-corrected chi connectivity index (χ2v) is 5.32. The molecule has 4 heteroatoms. The van der Waals surface area contributed by atoms with Gasteiger partial charge in [0.15, 0.2) is 0 Å². The van der Waals surface area contributed by atoms with E-state index in [-0.39, 0.29) is 18.1 Å². The summed E-state index contributed by atoms with van der Waals surface area (Å²) < 4.78 is 0. The molecule has 1 saturated heterocycles. The maximum Gasteiger partial charge on any atom is 0.234 e. The molecule has 2 N–H and O–H groups in total. The number of nitrogens with one attached hydrogen (secondary N) is 1. The number of aliphatic hydroxyl groups excluding tert-OH is 1. The van der Waals surface area contributed by atoms with Gasteiger partial charge in [-0.15, -0.1) is 0 Å². The van der Waals surface area contributed by atoms with Gasteiger partial charge in [-0.05, 0) is 31.4 Å². The summed E-state index contributed by atoms with van der Waals surface area (Å²) in [5.74, 6) is 0.0184. The van der Waals surface area contributed by atoms with E-state index in [1.165, 1.54) is 5.56 Å². The Morgan fingerprint density at radius 3 is 2.89 bits per heavy atom. The van der Waals surface area contributed by atoms with E-state index >= 15 is 0 Å². The maximum atomic E-state index is 12.0. The molecule has 1 aromatic carbocycles. The van der Waals surface area contributed by atoms with Crippen LogP contribution in [-0.2, 0) is 4.79 Å². The molecule has 4 nitrogen and oxygen atoms in total. The summed E-state index contributed by atoms with van der Waals surface area (Å²) >= 11 is 0. The Morgan fingerprint density at radius 1 is 1.53 bits per heavy atom. The minimum atomic E-state index is -0.276. The number of carbonyl (C=O) groups is 1. The first-order chi connectivity index (χ1) is 9.06. The molecule has 0 saturated carbocycles. The summed E-state index contributed by atoms with van der Waals surface area (Å²) in [6.07, 6.45) is 0.488. The summed E-state index contributed by atoms with van der Waals surface area (Å²) in [7, 11) is 0. The normalized spacial score (nSPS) is 21.3. The Labute approximate surface area is 114 Å². The van der Waals surface area contributed by atoms with Gasteiger partial charge in [-0.3, -0.25) is 9.69 Å². The lowest BCUT2D eigenvalue weighted by atomic mass is 10.0. The summed E-state index contributed by atoms with van der Waals surface area (Å²) in [6.45, 7) is 5.82. The summed E-state index contributed by atoms with van der Waals surface area (Å²) in [4.78, 5) is 14.0. The molecule has 2 rings (SSSR count). The SMILES string of the molecule is Cc1ccccc1C(C)NC(=O)CN1CC[C@H](O)C1. The topological polar surface area (TPSA) is 52.6 Å². The summed E-state index contributed by atoms with van der Waals surface area (Å²) in [5.41, 5.74) is 2.34. The molecule has 19 heavy (non-hydrogen) atoms. The van der Waals surface area contributed by atoms with Crippen LogP contribution in [0.5, 0.6) is 0 Å². The van der Waals surface area contributed by atoms with Gasteiger partial charge in [-0.25, -0.2) is 0 Å². The second-order valence-electron chi connectivity index (χ2n) is 5.32. The van der Waals surface area contributed by atoms with Crippen LogP contribution < -0.4 is 5.32 Å². The lowest BCUT2D eigenvalue weighted by Crippen LogP contribution is -2.37. The first-order valence-electron chi connectivity index (χ1n) is 6.81. The van der Waals surface area contributed by atoms with Crippen molar-refractivity contribution in [1.29, 1.82) is 0 Å². The molecule has 1 aliphatic rings. The number of likely N-dealkylation sites (tertiary alicyclic amines) is 1. The molecule has 2 atom stereocenters. The van der Waals surface area contributed by atoms with Crippen LogP contribution in [0.1, 0.15) is 30.5 Å². The predicted molar refractivity (Wildman–Crippen MR) is 74.8 cm³/mol. The monoisotopic (exact) mass is 262 g/mol. The van der Waals surface area contributed by atoms with Gasteiger partial charge in [0.05, 0.1) is 18.7 Å². The van der Waals surface area contributed by atoms with Gasteiger partial charge in [0, 0.05) is 13.1 Å². The standard InChI is InChI=1S/C15H22N2O2/c1-11-5-3-4-6-14(11)12(2)16-15(19)10-17-8-7-13(18)9-17/h3-6,12-13,18H,7-10H2,1-2H3,(H,16,19)/t12?,13-/m0/s1. The van der Waals surface area contributed by atoms with Crippen LogP contribution in [0.2, 0.25) is 0 Å². The van der Waals surface area contributed by atoms with Gasteiger partial charge < -0.3 is 10.4 Å². The first kappa shape index (κ1) is 14.0. The third-order valence-electron chi connectivity index (χ3n) is 3.65. The third-order valence-corrected chi connectivity index (χ3v) is 3.65. The highest BCUT2D eigenvalue weighted by Gasteiger charge is 2.22. The molecule has 1 aromatic rings. The van der Waals surface area contributed by atoms with Crippen LogP contribution in [-0.4, -0.2) is 41.7 Å². The van der Waals surface area contributed by atoms with Gasteiger partial charge in [0.2, 0.25) is 5.91 Å². The molecule has 0 spiro atoms. The molecule has 1 heterocycles. The summed E-state index contributed by atoms with van der Waals surface area (Å²) in [6, 6.07) is 8.09. The number of β-amino-alcohol motifs (C(OH)–C–C–N with tert-alkyl or cyclic N) is 1. The highest BCUT2D eigenvalue weighted by atomic mass is 16.3. The highest BCUT2D eigenvalue weighted by Crippen LogP contribution is 2.16. The van der Waals surface area contributed by atoms with Crippen molar-refractivity contribution in [2.45, 2.75) is 32.4 Å². The van der Waals surface area contributed by atoms with E-state index in [0.29, 0.717) is 13.1 Å². The molecule has 0 aromatic heterocycles. The van der Waals surface area contributed by atoms with E-state index in [9.17, 15) is 9.90 Å². The Hall–Kier alpha value is -1.39. The van der Waals surface area contributed by atoms with Crippen molar-refractivity contribution in [2.24, 2.45) is 0 Å². The Bertz CT molecular complexity index is 448. The van der Waals surface area contributed by atoms with Crippen molar-refractivity contribution in [3.05, 3.63) is 35.4 Å². The predicted octanol–water partition coefficient (Wildman–Crippen LogP) is 1.24. The van der Waals surface area contributed by atoms with Gasteiger partial charge in [-0.1, -0.05) is 24.3 Å². The van der Waals surface area contributed by atoms with Crippen LogP contribution in [0.4, 0.5) is 0 Å². The number of aliphatic hydroxyl groups is 1. The average Bonchev–Trinajstić information content (AvgIpc) is 2.74. The van der Waals surface area contributed by atoms with Crippen LogP contribution in [0, 0.1) is 6.92 Å². The largest absolute Gasteiger partial charge is 0.392 e. The Kier molecular flexibility index (Phi) is 4.56. The van der Waals surface area contributed by atoms with Crippen molar-refractivity contribution in [1.82, 2.24) is 10.2 Å². The minimum absolute atomic E-state index is 0.0150. The van der Waals surface area contributed by atoms with E-state index < -0.39 is 0 Å². The van der Waals surface area contributed by atoms with Crippen molar-refractivity contribution in [3.63, 3.8) is 0 Å². The van der Waals surface area contributed by atoms with Crippen LogP contribution in [0.25, 0.3) is 0 Å². The molecular weight excluding hydrogens is 240 g/mol. The Balaban J connectivity index is 1.87. The number of amides is 1. The summed E-state index contributed by atoms with van der Waals surface area (Å²) in [5, 5.41) is 12.5. The van der Waals surface area contributed by atoms with E-state index in [1.54, 1.807) is 0 Å². The fraction of sp³-hybridized carbons (Fsp3) is 0.533. The molecule has 1 aliphatic heterocycles. The van der Waals surface area contributed by atoms with E-state index in [1.807, 2.05) is 30.0 Å². The number of hydrogen-bond donors (Lipinski definition) is 2. The smallest absolute Gasteiger partial charge is 0.234 e. The zero-order valence-electron chi connectivity index (χ0n) is 11.6. The first-order valence-corrected chi connectivity index (χ1v) is 6.81. The lowest BCUT2D eigenvalue weighted by Gasteiger charge is -2.19. The molecule has 1 fully saturated rings. The van der Waals surface area contributed by atoms with E-state index in [0.717, 1.165) is 18.5 Å². The number of rotatable bonds is 4. The zero-order chi connectivity index (χ0) is 13.8.